The number of nitrogens with zero attached hydrogens (tertiary/aromatic N) is 1. The molecule has 0 aromatic heterocycles. The van der Waals surface area contributed by atoms with Crippen molar-refractivity contribution in [1.82, 2.24) is 4.90 Å². The van der Waals surface area contributed by atoms with Gasteiger partial charge in [-0.2, -0.15) is 0 Å². The molecule has 162 valence electrons. The van der Waals surface area contributed by atoms with Crippen molar-refractivity contribution in [3.8, 4) is 0 Å². The molecule has 0 spiro atoms. The molecular formula is C23H23NO6S. The fraction of sp³-hybridized carbons (Fsp3) is 0.391. The summed E-state index contributed by atoms with van der Waals surface area (Å²) >= 11 is 1.08. The quantitative estimate of drug-likeness (QED) is 0.531. The molecule has 1 saturated heterocycles. The first-order chi connectivity index (χ1) is 14.9. The van der Waals surface area contributed by atoms with Crippen LogP contribution in [0.15, 0.2) is 51.6 Å². The van der Waals surface area contributed by atoms with E-state index in [-0.39, 0.29) is 24.5 Å². The Morgan fingerprint density at radius 3 is 2.68 bits per heavy atom. The molecule has 8 heteroatoms. The van der Waals surface area contributed by atoms with Gasteiger partial charge in [-0.15, -0.1) is 11.8 Å². The number of likely N-dealkylation sites (tertiary alicyclic amines) is 1. The normalized spacial score (nSPS) is 21.1. The molecule has 2 aliphatic carbocycles. The highest BCUT2D eigenvalue weighted by Crippen LogP contribution is 2.45. The van der Waals surface area contributed by atoms with Crippen molar-refractivity contribution < 1.29 is 29.0 Å². The Morgan fingerprint density at radius 1 is 1.19 bits per heavy atom. The van der Waals surface area contributed by atoms with Crippen LogP contribution < -0.4 is 0 Å². The summed E-state index contributed by atoms with van der Waals surface area (Å²) in [6, 6.07) is 6.42. The molecule has 1 aromatic carbocycles. The fourth-order valence-electron chi connectivity index (χ4n) is 4.44. The van der Waals surface area contributed by atoms with Crippen LogP contribution in [0.2, 0.25) is 0 Å². The van der Waals surface area contributed by atoms with Gasteiger partial charge in [0.2, 0.25) is 11.8 Å². The molecular weight excluding hydrogens is 418 g/mol. The third-order valence-corrected chi connectivity index (χ3v) is 7.06. The van der Waals surface area contributed by atoms with Gasteiger partial charge in [0.15, 0.2) is 0 Å². The molecule has 3 aliphatic rings. The largest absolute Gasteiger partial charge is 0.478 e. The molecule has 1 N–H and O–H groups in total. The van der Waals surface area contributed by atoms with Crippen molar-refractivity contribution in [1.29, 1.82) is 0 Å². The predicted octanol–water partition coefficient (Wildman–Crippen LogP) is 3.70. The minimum Gasteiger partial charge on any atom is -0.478 e. The number of carbonyl (C=O) groups excluding carboxylic acids is 3. The van der Waals surface area contributed by atoms with Crippen molar-refractivity contribution in [3.63, 3.8) is 0 Å². The van der Waals surface area contributed by atoms with Gasteiger partial charge < -0.3 is 9.84 Å². The van der Waals surface area contributed by atoms with Crippen molar-refractivity contribution in [2.24, 2.45) is 0 Å². The molecule has 1 unspecified atom stereocenters. The number of hydrogen-bond donors (Lipinski definition) is 1. The minimum atomic E-state index is -1.09. The summed E-state index contributed by atoms with van der Waals surface area (Å²) in [4.78, 5) is 52.0. The molecule has 7 nitrogen and oxygen atoms in total. The lowest BCUT2D eigenvalue weighted by molar-refractivity contribution is -0.138. The topological polar surface area (TPSA) is 101 Å². The zero-order chi connectivity index (χ0) is 22.1. The van der Waals surface area contributed by atoms with Gasteiger partial charge in [0, 0.05) is 23.4 Å². The van der Waals surface area contributed by atoms with Crippen molar-refractivity contribution in [3.05, 3.63) is 52.2 Å². The predicted molar refractivity (Wildman–Crippen MR) is 113 cm³/mol. The minimum absolute atomic E-state index is 0.0400. The summed E-state index contributed by atoms with van der Waals surface area (Å²) in [5.74, 6) is -2.35. The second-order valence-corrected chi connectivity index (χ2v) is 8.93. The van der Waals surface area contributed by atoms with Crippen LogP contribution in [0.4, 0.5) is 0 Å². The summed E-state index contributed by atoms with van der Waals surface area (Å²) in [6.07, 6.45) is 3.94. The monoisotopic (exact) mass is 441 g/mol. The Bertz CT molecular complexity index is 1040. The number of hydrogen-bond acceptors (Lipinski definition) is 6. The van der Waals surface area contributed by atoms with E-state index in [1.54, 1.807) is 25.1 Å². The second kappa shape index (κ2) is 8.70. The van der Waals surface area contributed by atoms with Crippen LogP contribution in [0.25, 0.3) is 0 Å². The maximum atomic E-state index is 13.3. The summed E-state index contributed by atoms with van der Waals surface area (Å²) in [5.41, 5.74) is 2.92. The highest BCUT2D eigenvalue weighted by molar-refractivity contribution is 8.00. The first-order valence-corrected chi connectivity index (χ1v) is 11.3. The molecule has 1 aliphatic heterocycles. The Labute approximate surface area is 184 Å². The number of benzene rings is 1. The third-order valence-electron chi connectivity index (χ3n) is 5.79. The second-order valence-electron chi connectivity index (χ2n) is 7.69. The smallest absolute Gasteiger partial charge is 0.340 e. The lowest BCUT2D eigenvalue weighted by atomic mass is 9.91. The van der Waals surface area contributed by atoms with Crippen LogP contribution in [0, 0.1) is 0 Å². The van der Waals surface area contributed by atoms with E-state index in [1.165, 1.54) is 6.07 Å². The lowest BCUT2D eigenvalue weighted by Crippen LogP contribution is -2.32. The fourth-order valence-corrected chi connectivity index (χ4v) is 5.62. The Kier molecular flexibility index (Phi) is 6.00. The van der Waals surface area contributed by atoms with Crippen LogP contribution in [0.3, 0.4) is 0 Å². The maximum absolute atomic E-state index is 13.3. The molecule has 4 rings (SSSR count). The number of ether oxygens (including phenoxy) is 1. The summed E-state index contributed by atoms with van der Waals surface area (Å²) < 4.78 is 5.25. The van der Waals surface area contributed by atoms with Gasteiger partial charge in [-0.1, -0.05) is 17.7 Å². The maximum Gasteiger partial charge on any atom is 0.340 e. The van der Waals surface area contributed by atoms with E-state index in [0.717, 1.165) is 53.5 Å². The van der Waals surface area contributed by atoms with E-state index in [4.69, 9.17) is 4.74 Å². The Hall–Kier alpha value is -2.87. The van der Waals surface area contributed by atoms with E-state index in [9.17, 15) is 24.3 Å². The average molecular weight is 442 g/mol. The molecule has 1 aromatic rings. The molecule has 0 radical (unpaired) electrons. The number of esters is 1. The first-order valence-electron chi connectivity index (χ1n) is 10.4. The number of thioether (sulfide) groups is 1. The van der Waals surface area contributed by atoms with Crippen LogP contribution in [0.1, 0.15) is 55.8 Å². The van der Waals surface area contributed by atoms with Crippen molar-refractivity contribution in [2.45, 2.75) is 55.6 Å². The molecule has 1 fully saturated rings. The van der Waals surface area contributed by atoms with E-state index in [0.29, 0.717) is 22.6 Å². The van der Waals surface area contributed by atoms with Gasteiger partial charge in [-0.25, -0.2) is 9.59 Å². The average Bonchev–Trinajstić information content (AvgIpc) is 3.25. The van der Waals surface area contributed by atoms with Crippen molar-refractivity contribution in [2.75, 3.05) is 6.61 Å². The number of allylic oxidation sites excluding steroid dienone is 1. The Morgan fingerprint density at radius 2 is 1.94 bits per heavy atom. The van der Waals surface area contributed by atoms with E-state index in [1.807, 2.05) is 0 Å². The summed E-state index contributed by atoms with van der Waals surface area (Å²) in [7, 11) is 0. The summed E-state index contributed by atoms with van der Waals surface area (Å²) in [5, 5.41) is 8.67. The standard InChI is InChI=1S/C23H23NO6S/c1-2-30-23(29)20-14-8-4-3-7-13(14)11-16(20)24-19(25)12-18(21(24)26)31-17-10-6-5-9-15(17)22(27)28/h5-6,9-10,18H,2-4,7-8,11-12H2,1H3,(H,27,28). The van der Waals surface area contributed by atoms with Crippen LogP contribution in [-0.4, -0.2) is 45.6 Å². The first kappa shape index (κ1) is 21.4. The molecule has 1 heterocycles. The number of carboxylic acid groups (broad SMARTS) is 1. The molecule has 1 atom stereocenters. The number of carboxylic acids is 1. The zero-order valence-electron chi connectivity index (χ0n) is 17.2. The molecule has 0 saturated carbocycles. The number of carbonyl (C=O) groups is 4. The number of imide groups is 1. The lowest BCUT2D eigenvalue weighted by Gasteiger charge is -2.19. The van der Waals surface area contributed by atoms with Crippen LogP contribution >= 0.6 is 11.8 Å². The SMILES string of the molecule is CCOC(=O)C1=C(N2C(=O)CC(Sc3ccccc3C(=O)O)C2=O)CC2=C1CCCC2. The van der Waals surface area contributed by atoms with Gasteiger partial charge in [0.05, 0.1) is 23.0 Å². The number of rotatable bonds is 6. The van der Waals surface area contributed by atoms with E-state index >= 15 is 0 Å². The molecule has 0 bridgehead atoms. The van der Waals surface area contributed by atoms with E-state index in [2.05, 4.69) is 0 Å². The van der Waals surface area contributed by atoms with Crippen LogP contribution in [0.5, 0.6) is 0 Å². The highest BCUT2D eigenvalue weighted by Gasteiger charge is 2.45. The van der Waals surface area contributed by atoms with Gasteiger partial charge >= 0.3 is 11.9 Å². The van der Waals surface area contributed by atoms with Gasteiger partial charge in [0.25, 0.3) is 0 Å². The van der Waals surface area contributed by atoms with Crippen LogP contribution in [-0.2, 0) is 19.1 Å². The summed E-state index contributed by atoms with van der Waals surface area (Å²) in [6.45, 7) is 1.94. The van der Waals surface area contributed by atoms with Crippen molar-refractivity contribution >= 4 is 35.5 Å². The number of amides is 2. The third kappa shape index (κ3) is 3.92. The highest BCUT2D eigenvalue weighted by atomic mass is 32.2. The van der Waals surface area contributed by atoms with Gasteiger partial charge in [0.1, 0.15) is 0 Å². The molecule has 31 heavy (non-hydrogen) atoms. The Balaban J connectivity index is 1.65. The number of aromatic carboxylic acids is 1. The van der Waals surface area contributed by atoms with Gasteiger partial charge in [-0.05, 0) is 50.3 Å². The molecule has 2 amide bonds. The zero-order valence-corrected chi connectivity index (χ0v) is 18.0. The van der Waals surface area contributed by atoms with Gasteiger partial charge in [-0.3, -0.25) is 14.5 Å². The van der Waals surface area contributed by atoms with E-state index < -0.39 is 23.1 Å².